The maximum Gasteiger partial charge on any atom is 0.320 e. The van der Waals surface area contributed by atoms with Crippen molar-refractivity contribution in [1.82, 2.24) is 9.80 Å². The molecular formula is C53H106N2O6. The first-order valence-corrected chi connectivity index (χ1v) is 26.6. The third-order valence-corrected chi connectivity index (χ3v) is 12.8. The number of rotatable bonds is 42. The van der Waals surface area contributed by atoms with E-state index in [2.05, 4.69) is 51.5 Å². The van der Waals surface area contributed by atoms with E-state index in [-0.39, 0.29) is 18.5 Å². The molecule has 1 N–H and O–H groups in total. The van der Waals surface area contributed by atoms with Crippen molar-refractivity contribution in [3.8, 4) is 0 Å². The predicted octanol–water partition coefficient (Wildman–Crippen LogP) is 15.0. The van der Waals surface area contributed by atoms with Crippen molar-refractivity contribution in [2.24, 2.45) is 11.8 Å². The van der Waals surface area contributed by atoms with Crippen LogP contribution in [0.1, 0.15) is 259 Å². The summed E-state index contributed by atoms with van der Waals surface area (Å²) in [5.41, 5.74) is 0. The molecule has 0 radical (unpaired) electrons. The third kappa shape index (κ3) is 46.1. The Morgan fingerprint density at radius 2 is 0.803 bits per heavy atom. The third-order valence-electron chi connectivity index (χ3n) is 12.8. The summed E-state index contributed by atoms with van der Waals surface area (Å²) in [6.07, 6.45) is 46.8. The quantitative estimate of drug-likeness (QED) is 0.0368. The fraction of sp³-hybridized carbons (Fsp3) is 0.943. The maximum absolute atomic E-state index is 12.8. The van der Waals surface area contributed by atoms with E-state index in [1.807, 2.05) is 0 Å². The molecule has 61 heavy (non-hydrogen) atoms. The lowest BCUT2D eigenvalue weighted by atomic mass is 9.90. The van der Waals surface area contributed by atoms with Crippen molar-refractivity contribution in [2.75, 3.05) is 46.4 Å². The summed E-state index contributed by atoms with van der Waals surface area (Å²) in [7, 11) is 2.16. The fourth-order valence-electron chi connectivity index (χ4n) is 8.75. The number of carbonyl (C=O) groups is 3. The van der Waals surface area contributed by atoms with Gasteiger partial charge >= 0.3 is 5.97 Å². The second kappa shape index (κ2) is 51.0. The lowest BCUT2D eigenvalue weighted by Gasteiger charge is -2.32. The molecule has 1 fully saturated rings. The Kier molecular flexibility index (Phi) is 51.3. The van der Waals surface area contributed by atoms with E-state index >= 15 is 0 Å². The highest BCUT2D eigenvalue weighted by Crippen LogP contribution is 2.25. The number of likely N-dealkylation sites (N-methyl/N-ethyl adjacent to an activating group) is 1. The molecule has 8 nitrogen and oxygen atoms in total. The van der Waals surface area contributed by atoms with Crippen LogP contribution >= 0.6 is 0 Å². The summed E-state index contributed by atoms with van der Waals surface area (Å²) < 4.78 is 10.9. The van der Waals surface area contributed by atoms with Crippen LogP contribution in [0.3, 0.4) is 0 Å². The summed E-state index contributed by atoms with van der Waals surface area (Å²) in [6.45, 7) is 16.9. The predicted molar refractivity (Wildman–Crippen MR) is 261 cm³/mol. The zero-order valence-electron chi connectivity index (χ0n) is 41.8. The second-order valence-corrected chi connectivity index (χ2v) is 18.6. The molecule has 1 unspecified atom stereocenters. The number of hydrogen-bond donors (Lipinski definition) is 1. The minimum absolute atomic E-state index is 0.00506. The van der Waals surface area contributed by atoms with Gasteiger partial charge in [0.15, 0.2) is 0 Å². The molecule has 1 saturated heterocycles. The zero-order valence-corrected chi connectivity index (χ0v) is 41.8. The van der Waals surface area contributed by atoms with E-state index in [1.54, 1.807) is 0 Å². The van der Waals surface area contributed by atoms with Gasteiger partial charge in [0, 0.05) is 26.2 Å². The Labute approximate surface area is 380 Å². The number of piperazine rings is 1. The zero-order chi connectivity index (χ0) is 45.3. The van der Waals surface area contributed by atoms with E-state index in [9.17, 15) is 9.59 Å². The van der Waals surface area contributed by atoms with E-state index in [0.29, 0.717) is 19.6 Å². The van der Waals surface area contributed by atoms with Crippen LogP contribution in [-0.2, 0) is 23.9 Å². The largest absolute Gasteiger partial charge is 0.483 e. The first kappa shape index (κ1) is 61.4. The number of carbonyl (C=O) groups excluding carboxylic acids is 2. The number of hydrogen-bond acceptors (Lipinski definition) is 7. The number of unbranched alkanes of at least 4 members (excludes halogenated alkanes) is 21. The van der Waals surface area contributed by atoms with Crippen LogP contribution in [-0.4, -0.2) is 86.3 Å². The van der Waals surface area contributed by atoms with Gasteiger partial charge in [-0.05, 0) is 51.0 Å². The monoisotopic (exact) mass is 867 g/mol. The van der Waals surface area contributed by atoms with Gasteiger partial charge < -0.3 is 19.5 Å². The van der Waals surface area contributed by atoms with E-state index < -0.39 is 0 Å². The van der Waals surface area contributed by atoms with E-state index in [0.717, 1.165) is 57.3 Å². The van der Waals surface area contributed by atoms with Gasteiger partial charge in [-0.2, -0.15) is 0 Å². The lowest BCUT2D eigenvalue weighted by Crippen LogP contribution is -2.46. The summed E-state index contributed by atoms with van der Waals surface area (Å²) in [5, 5.41) is 6.89. The van der Waals surface area contributed by atoms with Crippen molar-refractivity contribution >= 4 is 18.9 Å². The van der Waals surface area contributed by atoms with E-state index in [1.165, 1.54) is 205 Å². The number of ether oxygens (including phenoxy) is 2. The van der Waals surface area contributed by atoms with Crippen molar-refractivity contribution in [2.45, 2.75) is 265 Å². The Balaban J connectivity index is 0. The number of esters is 1. The molecule has 0 aromatic rings. The Hall–Kier alpha value is -1.67. The molecule has 0 amide bonds. The van der Waals surface area contributed by atoms with Crippen molar-refractivity contribution < 1.29 is 29.0 Å². The smallest absolute Gasteiger partial charge is 0.320 e. The minimum Gasteiger partial charge on any atom is -0.483 e. The molecular weight excluding hydrogens is 761 g/mol. The Morgan fingerprint density at radius 3 is 1.18 bits per heavy atom. The number of carboxylic acid groups (broad SMARTS) is 1. The topological polar surface area (TPSA) is 96.4 Å². The van der Waals surface area contributed by atoms with Crippen molar-refractivity contribution in [3.05, 3.63) is 0 Å². The highest BCUT2D eigenvalue weighted by atomic mass is 16.5. The van der Waals surface area contributed by atoms with Gasteiger partial charge in [-0.1, -0.05) is 227 Å². The van der Waals surface area contributed by atoms with Crippen LogP contribution in [0.2, 0.25) is 0 Å². The van der Waals surface area contributed by atoms with Gasteiger partial charge in [0.25, 0.3) is 12.9 Å². The minimum atomic E-state index is -0.250. The van der Waals surface area contributed by atoms with Gasteiger partial charge in [-0.25, -0.2) is 0 Å². The van der Waals surface area contributed by atoms with Crippen molar-refractivity contribution in [1.29, 1.82) is 0 Å². The summed E-state index contributed by atoms with van der Waals surface area (Å²) >= 11 is 0. The SMILES string of the molecule is CCCCCC(CCCCC)CCOC=O.CCCCCCCCCC(CCCCCCCCCCC(CCCCC)CCCCC)OC(=O)CN1CCN(C)CC1.O=CO. The first-order chi connectivity index (χ1) is 29.8. The molecule has 8 heteroatoms. The van der Waals surface area contributed by atoms with Gasteiger partial charge in [0.2, 0.25) is 0 Å². The van der Waals surface area contributed by atoms with Crippen LogP contribution in [0, 0.1) is 11.8 Å². The summed E-state index contributed by atoms with van der Waals surface area (Å²) in [6, 6.07) is 0. The second-order valence-electron chi connectivity index (χ2n) is 18.6. The average Bonchev–Trinajstić information content (AvgIpc) is 3.25. The lowest BCUT2D eigenvalue weighted by molar-refractivity contribution is -0.151. The van der Waals surface area contributed by atoms with Gasteiger partial charge in [0.05, 0.1) is 13.2 Å². The number of nitrogens with zero attached hydrogens (tertiary/aromatic N) is 2. The Morgan fingerprint density at radius 1 is 0.492 bits per heavy atom. The highest BCUT2D eigenvalue weighted by Gasteiger charge is 2.20. The van der Waals surface area contributed by atoms with Gasteiger partial charge in [-0.3, -0.25) is 19.3 Å². The highest BCUT2D eigenvalue weighted by molar-refractivity contribution is 5.71. The Bertz CT molecular complexity index is 863. The molecule has 1 aliphatic heterocycles. The van der Waals surface area contributed by atoms with Crippen LogP contribution in [0.25, 0.3) is 0 Å². The molecule has 0 spiro atoms. The molecule has 1 atom stereocenters. The maximum atomic E-state index is 12.8. The van der Waals surface area contributed by atoms with Crippen LogP contribution < -0.4 is 0 Å². The normalized spacial score (nSPS) is 13.6. The molecule has 0 aromatic carbocycles. The first-order valence-electron chi connectivity index (χ1n) is 26.6. The molecule has 364 valence electrons. The average molecular weight is 867 g/mol. The summed E-state index contributed by atoms with van der Waals surface area (Å²) in [4.78, 5) is 35.8. The molecule has 0 saturated carbocycles. The molecule has 1 aliphatic rings. The summed E-state index contributed by atoms with van der Waals surface area (Å²) in [5.74, 6) is 1.76. The van der Waals surface area contributed by atoms with E-state index in [4.69, 9.17) is 19.4 Å². The van der Waals surface area contributed by atoms with Gasteiger partial charge in [0.1, 0.15) is 6.10 Å². The molecule has 0 aromatic heterocycles. The molecule has 1 rings (SSSR count). The standard InChI is InChI=1S/C38H76N2O2.C14H28O2.CH2O2/c1-5-8-11-12-15-19-24-29-37(42-38(41)35-40-33-31-39(4)32-34-40)30-25-20-17-14-13-16-18-23-28-36(26-21-9-6-2)27-22-10-7-3;1-3-5-7-9-14(10-8-6-4-2)11-12-16-13-15;2-1-3/h36-37H,5-35H2,1-4H3;13-14H,3-12H2,1-2H3;1H,(H,2,3). The molecule has 0 aliphatic carbocycles. The van der Waals surface area contributed by atoms with Crippen LogP contribution in [0.4, 0.5) is 0 Å². The molecule has 1 heterocycles. The molecule has 0 bridgehead atoms. The van der Waals surface area contributed by atoms with Crippen LogP contribution in [0.5, 0.6) is 0 Å². The van der Waals surface area contributed by atoms with Crippen molar-refractivity contribution in [3.63, 3.8) is 0 Å². The van der Waals surface area contributed by atoms with Gasteiger partial charge in [-0.15, -0.1) is 0 Å². The van der Waals surface area contributed by atoms with Crippen LogP contribution in [0.15, 0.2) is 0 Å². The fourth-order valence-corrected chi connectivity index (χ4v) is 8.75.